The van der Waals surface area contributed by atoms with Gasteiger partial charge in [0.05, 0.1) is 29.9 Å². The molecule has 2 fully saturated rings. The van der Waals surface area contributed by atoms with Crippen molar-refractivity contribution in [2.24, 2.45) is 29.4 Å². The van der Waals surface area contributed by atoms with Crippen molar-refractivity contribution in [3.8, 4) is 5.75 Å². The number of ether oxygens (including phenoxy) is 1. The van der Waals surface area contributed by atoms with Crippen LogP contribution in [0.4, 0.5) is 10.8 Å². The number of rotatable bonds is 5. The topological polar surface area (TPSA) is 223 Å². The van der Waals surface area contributed by atoms with Crippen LogP contribution in [0.5, 0.6) is 5.75 Å². The van der Waals surface area contributed by atoms with Gasteiger partial charge in [-0.05, 0) is 24.5 Å². The van der Waals surface area contributed by atoms with Gasteiger partial charge in [-0.1, -0.05) is 13.0 Å². The van der Waals surface area contributed by atoms with Gasteiger partial charge in [0.1, 0.15) is 5.75 Å². The van der Waals surface area contributed by atoms with E-state index in [0.717, 1.165) is 11.3 Å². The minimum atomic E-state index is -2.99. The summed E-state index contributed by atoms with van der Waals surface area (Å²) < 4.78 is 4.91. The predicted octanol–water partition coefficient (Wildman–Crippen LogP) is 0.235. The number of esters is 1. The molecule has 3 aliphatic rings. The zero-order valence-corrected chi connectivity index (χ0v) is 22.1. The van der Waals surface area contributed by atoms with Gasteiger partial charge >= 0.3 is 5.97 Å². The van der Waals surface area contributed by atoms with Gasteiger partial charge in [0.25, 0.3) is 0 Å². The number of carbonyl (C=O) groups excluding carboxylic acids is 6. The van der Waals surface area contributed by atoms with E-state index in [0.29, 0.717) is 5.56 Å². The van der Waals surface area contributed by atoms with E-state index < -0.39 is 88.5 Å². The molecule has 0 spiro atoms. The highest BCUT2D eigenvalue weighted by Crippen LogP contribution is 2.54. The number of fused-ring (bicyclic) bond motifs is 3. The molecule has 1 amide bonds. The smallest absolute Gasteiger partial charge is 0.357 e. The highest BCUT2D eigenvalue weighted by molar-refractivity contribution is 7.14. The maximum atomic E-state index is 13.8. The number of primary amides is 1. The van der Waals surface area contributed by atoms with Gasteiger partial charge in [0.15, 0.2) is 45.5 Å². The van der Waals surface area contributed by atoms with Crippen LogP contribution in [0.3, 0.4) is 0 Å². The predicted molar refractivity (Wildman–Crippen MR) is 136 cm³/mol. The number of nitrogens with one attached hydrogen (secondary N) is 1. The number of aliphatic hydroxyl groups is 2. The van der Waals surface area contributed by atoms with Crippen molar-refractivity contribution in [2.45, 2.75) is 37.9 Å². The SMILES string of the molecule is CCOC(=O)c1csc(Nc2ccc3c(c2O)C(=O)C2C(=O)[C@]4(O)C(=O)C(C(N)=O)C(=O)C[C@@H]4[C@@H](O)[C@@H]2[C@H]3C)n1. The number of aromatic nitrogens is 1. The van der Waals surface area contributed by atoms with Crippen LogP contribution in [0.2, 0.25) is 0 Å². The van der Waals surface area contributed by atoms with Crippen LogP contribution in [-0.4, -0.2) is 73.6 Å². The monoisotopic (exact) mass is 571 g/mol. The first kappa shape index (κ1) is 27.6. The summed E-state index contributed by atoms with van der Waals surface area (Å²) in [6.45, 7) is 3.41. The van der Waals surface area contributed by atoms with Crippen molar-refractivity contribution in [3.63, 3.8) is 0 Å². The number of anilines is 2. The Morgan fingerprint density at radius 3 is 2.58 bits per heavy atom. The summed E-state index contributed by atoms with van der Waals surface area (Å²) in [4.78, 5) is 80.9. The zero-order chi connectivity index (χ0) is 29.3. The second kappa shape index (κ2) is 9.57. The van der Waals surface area contributed by atoms with Crippen LogP contribution in [-0.2, 0) is 23.9 Å². The molecule has 2 unspecified atom stereocenters. The first-order valence-corrected chi connectivity index (χ1v) is 13.3. The average Bonchev–Trinajstić information content (AvgIpc) is 3.36. The largest absolute Gasteiger partial charge is 0.505 e. The number of amides is 1. The lowest BCUT2D eigenvalue weighted by atomic mass is 9.50. The van der Waals surface area contributed by atoms with Gasteiger partial charge in [-0.2, -0.15) is 0 Å². The number of Topliss-reactive ketones (excluding diaryl/α,β-unsaturated/α-hetero) is 4. The molecule has 0 radical (unpaired) electrons. The van der Waals surface area contributed by atoms with Crippen molar-refractivity contribution < 1.29 is 48.8 Å². The molecular formula is C26H25N3O10S. The lowest BCUT2D eigenvalue weighted by molar-refractivity contribution is -0.189. The maximum Gasteiger partial charge on any atom is 0.357 e. The summed E-state index contributed by atoms with van der Waals surface area (Å²) in [5, 5.41) is 38.2. The van der Waals surface area contributed by atoms with Gasteiger partial charge in [-0.15, -0.1) is 11.3 Å². The zero-order valence-electron chi connectivity index (χ0n) is 21.2. The van der Waals surface area contributed by atoms with E-state index in [9.17, 15) is 44.1 Å². The standard InChI is InChI=1S/C26H25N3O10S/c1-3-39-24(37)12-7-40-25(29-12)28-11-5-4-9-8(2)14-17(20(33)15(9)19(11)32)22(35)26(38)10(18(14)31)6-13(30)16(21(26)34)23(27)36/h4-5,7-8,10,14,16-18,31-32,38H,3,6H2,1-2H3,(H2,27,36)(H,28,29)/t8-,10+,14+,16?,17?,18+,26+/m0/s1. The fraction of sp³-hybridized carbons (Fsp3) is 0.423. The van der Waals surface area contributed by atoms with Gasteiger partial charge in [-0.25, -0.2) is 9.78 Å². The molecule has 13 nitrogen and oxygen atoms in total. The lowest BCUT2D eigenvalue weighted by Gasteiger charge is -2.52. The summed E-state index contributed by atoms with van der Waals surface area (Å²) in [5.74, 6) is -14.4. The number of ketones is 4. The van der Waals surface area contributed by atoms with E-state index in [-0.39, 0.29) is 28.7 Å². The number of hydrogen-bond donors (Lipinski definition) is 5. The number of aromatic hydroxyl groups is 1. The molecule has 1 aromatic heterocycles. The Morgan fingerprint density at radius 1 is 1.23 bits per heavy atom. The summed E-state index contributed by atoms with van der Waals surface area (Å²) in [7, 11) is 0. The molecule has 14 heteroatoms. The van der Waals surface area contributed by atoms with Crippen LogP contribution >= 0.6 is 11.3 Å². The summed E-state index contributed by atoms with van der Waals surface area (Å²) in [6.07, 6.45) is -2.30. The number of thiazole rings is 1. The van der Waals surface area contributed by atoms with Gasteiger partial charge in [0, 0.05) is 23.6 Å². The molecule has 0 bridgehead atoms. The third-order valence-electron chi connectivity index (χ3n) is 8.09. The van der Waals surface area contributed by atoms with E-state index in [1.165, 1.54) is 17.5 Å². The van der Waals surface area contributed by atoms with E-state index in [4.69, 9.17) is 10.5 Å². The Hall–Kier alpha value is -4.01. The fourth-order valence-corrected chi connectivity index (χ4v) is 6.89. The van der Waals surface area contributed by atoms with E-state index >= 15 is 0 Å². The normalized spacial score (nSPS) is 31.2. The van der Waals surface area contributed by atoms with E-state index in [1.54, 1.807) is 13.8 Å². The molecule has 6 N–H and O–H groups in total. The lowest BCUT2D eigenvalue weighted by Crippen LogP contribution is -2.72. The molecule has 7 atom stereocenters. The number of nitrogens with zero attached hydrogens (tertiary/aromatic N) is 1. The van der Waals surface area contributed by atoms with Crippen molar-refractivity contribution in [1.29, 1.82) is 0 Å². The molecule has 2 saturated carbocycles. The third-order valence-corrected chi connectivity index (χ3v) is 8.85. The van der Waals surface area contributed by atoms with Crippen LogP contribution in [0, 0.1) is 23.7 Å². The minimum absolute atomic E-state index is 0.0241. The summed E-state index contributed by atoms with van der Waals surface area (Å²) in [5.41, 5.74) is 2.31. The van der Waals surface area contributed by atoms with E-state index in [1.807, 2.05) is 0 Å². The Labute approximate surface area is 230 Å². The summed E-state index contributed by atoms with van der Waals surface area (Å²) >= 11 is 1.04. The maximum absolute atomic E-state index is 13.8. The first-order chi connectivity index (χ1) is 18.8. The highest BCUT2D eigenvalue weighted by atomic mass is 32.1. The summed E-state index contributed by atoms with van der Waals surface area (Å²) in [6, 6.07) is 2.98. The number of hydrogen-bond acceptors (Lipinski definition) is 13. The molecule has 0 saturated heterocycles. The number of nitrogens with two attached hydrogens (primary N) is 1. The molecular weight excluding hydrogens is 546 g/mol. The van der Waals surface area contributed by atoms with Crippen molar-refractivity contribution in [2.75, 3.05) is 11.9 Å². The second-order valence-corrected chi connectivity index (χ2v) is 11.0. The van der Waals surface area contributed by atoms with Crippen molar-refractivity contribution >= 4 is 57.2 Å². The molecule has 3 aliphatic carbocycles. The number of phenolic OH excluding ortho intramolecular Hbond substituents is 1. The molecule has 0 aliphatic heterocycles. The molecule has 1 aromatic carbocycles. The Morgan fingerprint density at radius 2 is 1.93 bits per heavy atom. The quantitative estimate of drug-likeness (QED) is 0.185. The highest BCUT2D eigenvalue weighted by Gasteiger charge is 2.69. The first-order valence-electron chi connectivity index (χ1n) is 12.4. The fourth-order valence-electron chi connectivity index (χ4n) is 6.20. The number of carbonyl (C=O) groups is 6. The van der Waals surface area contributed by atoms with Crippen molar-refractivity contribution in [3.05, 3.63) is 34.3 Å². The number of benzene rings is 1. The Balaban J connectivity index is 1.54. The Bertz CT molecular complexity index is 1500. The van der Waals surface area contributed by atoms with Gasteiger partial charge in [-0.3, -0.25) is 24.0 Å². The average molecular weight is 572 g/mol. The van der Waals surface area contributed by atoms with Crippen molar-refractivity contribution in [1.82, 2.24) is 4.98 Å². The van der Waals surface area contributed by atoms with Crippen LogP contribution < -0.4 is 11.1 Å². The van der Waals surface area contributed by atoms with Gasteiger partial charge < -0.3 is 31.1 Å². The van der Waals surface area contributed by atoms with Crippen LogP contribution in [0.15, 0.2) is 17.5 Å². The van der Waals surface area contributed by atoms with E-state index in [2.05, 4.69) is 10.3 Å². The number of aliphatic hydroxyl groups excluding tert-OH is 1. The minimum Gasteiger partial charge on any atom is -0.505 e. The molecule has 1 heterocycles. The second-order valence-electron chi connectivity index (χ2n) is 10.1. The third kappa shape index (κ3) is 3.78. The Kier molecular flexibility index (Phi) is 6.59. The molecule has 210 valence electrons. The molecule has 5 rings (SSSR count). The van der Waals surface area contributed by atoms with Crippen LogP contribution in [0.1, 0.15) is 52.6 Å². The van der Waals surface area contributed by atoms with Gasteiger partial charge in [0.2, 0.25) is 5.91 Å². The van der Waals surface area contributed by atoms with Crippen LogP contribution in [0.25, 0.3) is 0 Å². The number of phenols is 1. The molecule has 40 heavy (non-hydrogen) atoms. The molecule has 2 aromatic rings.